The Morgan fingerprint density at radius 3 is 2.94 bits per heavy atom. The smallest absolute Gasteiger partial charge is 0.372 e. The van der Waals surface area contributed by atoms with Crippen LogP contribution in [-0.4, -0.2) is 28.8 Å². The molecule has 16 heavy (non-hydrogen) atoms. The Balaban J connectivity index is 1.76. The molecule has 2 rings (SSSR count). The first-order chi connectivity index (χ1) is 7.66. The van der Waals surface area contributed by atoms with Crippen molar-refractivity contribution in [3.05, 3.63) is 23.7 Å². The standard InChI is InChI=1S/C11H15NO4/c13-9-3-7(4-9)5-12-6-8-1-2-16-10(8)11(14)15/h1-2,7,9,12-13H,3-6H2,(H,14,15). The van der Waals surface area contributed by atoms with Gasteiger partial charge in [0.1, 0.15) is 0 Å². The number of hydrogen-bond donors (Lipinski definition) is 3. The molecule has 0 aromatic carbocycles. The lowest BCUT2D eigenvalue weighted by Gasteiger charge is -2.31. The molecule has 0 saturated heterocycles. The molecule has 88 valence electrons. The Kier molecular flexibility index (Phi) is 3.26. The van der Waals surface area contributed by atoms with Crippen LogP contribution in [0.1, 0.15) is 29.0 Å². The minimum absolute atomic E-state index is 0.00106. The number of aromatic carboxylic acids is 1. The number of carboxylic acids is 1. The van der Waals surface area contributed by atoms with Gasteiger partial charge in [0, 0.05) is 12.1 Å². The number of rotatable bonds is 5. The predicted molar refractivity (Wildman–Crippen MR) is 56.1 cm³/mol. The van der Waals surface area contributed by atoms with Crippen molar-refractivity contribution in [3.63, 3.8) is 0 Å². The second-order valence-electron chi connectivity index (χ2n) is 4.20. The van der Waals surface area contributed by atoms with Crippen LogP contribution in [0, 0.1) is 5.92 Å². The molecule has 1 saturated carbocycles. The zero-order valence-electron chi connectivity index (χ0n) is 8.85. The monoisotopic (exact) mass is 225 g/mol. The number of hydrogen-bond acceptors (Lipinski definition) is 4. The van der Waals surface area contributed by atoms with Crippen molar-refractivity contribution in [3.8, 4) is 0 Å². The van der Waals surface area contributed by atoms with Gasteiger partial charge in [0.05, 0.1) is 12.4 Å². The predicted octanol–water partition coefficient (Wildman–Crippen LogP) is 0.838. The lowest BCUT2D eigenvalue weighted by Crippen LogP contribution is -2.36. The van der Waals surface area contributed by atoms with Crippen LogP contribution in [0.2, 0.25) is 0 Å². The number of furan rings is 1. The van der Waals surface area contributed by atoms with E-state index in [0.717, 1.165) is 19.4 Å². The molecule has 0 aliphatic heterocycles. The van der Waals surface area contributed by atoms with Gasteiger partial charge in [-0.2, -0.15) is 0 Å². The van der Waals surface area contributed by atoms with Crippen LogP contribution < -0.4 is 5.32 Å². The van der Waals surface area contributed by atoms with E-state index in [2.05, 4.69) is 5.32 Å². The normalized spacial score (nSPS) is 24.1. The Labute approximate surface area is 93.1 Å². The zero-order chi connectivity index (χ0) is 11.5. The van der Waals surface area contributed by atoms with E-state index in [-0.39, 0.29) is 11.9 Å². The molecule has 5 nitrogen and oxygen atoms in total. The summed E-state index contributed by atoms with van der Waals surface area (Å²) in [4.78, 5) is 10.7. The van der Waals surface area contributed by atoms with Crippen molar-refractivity contribution in [1.82, 2.24) is 5.32 Å². The summed E-state index contributed by atoms with van der Waals surface area (Å²) in [6, 6.07) is 1.66. The lowest BCUT2D eigenvalue weighted by molar-refractivity contribution is 0.0429. The van der Waals surface area contributed by atoms with Crippen LogP contribution in [-0.2, 0) is 6.54 Å². The fraction of sp³-hybridized carbons (Fsp3) is 0.545. The number of aliphatic hydroxyl groups is 1. The van der Waals surface area contributed by atoms with E-state index in [4.69, 9.17) is 14.6 Å². The third-order valence-corrected chi connectivity index (χ3v) is 2.90. The molecule has 1 aromatic heterocycles. The van der Waals surface area contributed by atoms with Crippen molar-refractivity contribution >= 4 is 5.97 Å². The van der Waals surface area contributed by atoms with Gasteiger partial charge in [-0.25, -0.2) is 4.79 Å². The highest BCUT2D eigenvalue weighted by atomic mass is 16.4. The van der Waals surface area contributed by atoms with Gasteiger partial charge in [0.2, 0.25) is 5.76 Å². The van der Waals surface area contributed by atoms with Crippen LogP contribution in [0.15, 0.2) is 16.7 Å². The number of aliphatic hydroxyl groups excluding tert-OH is 1. The maximum Gasteiger partial charge on any atom is 0.372 e. The third kappa shape index (κ3) is 2.43. The van der Waals surface area contributed by atoms with E-state index in [0.29, 0.717) is 18.0 Å². The Hall–Kier alpha value is -1.33. The molecule has 0 amide bonds. The van der Waals surface area contributed by atoms with Crippen molar-refractivity contribution in [1.29, 1.82) is 0 Å². The molecule has 0 spiro atoms. The van der Waals surface area contributed by atoms with Gasteiger partial charge in [-0.3, -0.25) is 0 Å². The van der Waals surface area contributed by atoms with Gasteiger partial charge in [0.25, 0.3) is 0 Å². The number of carboxylic acid groups (broad SMARTS) is 1. The first-order valence-electron chi connectivity index (χ1n) is 5.35. The van der Waals surface area contributed by atoms with E-state index in [1.807, 2.05) is 0 Å². The van der Waals surface area contributed by atoms with E-state index >= 15 is 0 Å². The average Bonchev–Trinajstić information content (AvgIpc) is 2.63. The van der Waals surface area contributed by atoms with E-state index in [1.54, 1.807) is 6.07 Å². The largest absolute Gasteiger partial charge is 0.475 e. The highest BCUT2D eigenvalue weighted by Crippen LogP contribution is 2.26. The average molecular weight is 225 g/mol. The Morgan fingerprint density at radius 1 is 1.56 bits per heavy atom. The summed E-state index contributed by atoms with van der Waals surface area (Å²) in [5.74, 6) is -0.530. The minimum Gasteiger partial charge on any atom is -0.475 e. The molecule has 1 fully saturated rings. The summed E-state index contributed by atoms with van der Waals surface area (Å²) in [6.45, 7) is 1.30. The highest BCUT2D eigenvalue weighted by Gasteiger charge is 2.26. The second-order valence-corrected chi connectivity index (χ2v) is 4.20. The van der Waals surface area contributed by atoms with E-state index < -0.39 is 5.97 Å². The summed E-state index contributed by atoms with van der Waals surface area (Å²) < 4.78 is 4.86. The minimum atomic E-state index is -1.04. The van der Waals surface area contributed by atoms with Gasteiger partial charge >= 0.3 is 5.97 Å². The quantitative estimate of drug-likeness (QED) is 0.691. The van der Waals surface area contributed by atoms with Crippen LogP contribution in [0.25, 0.3) is 0 Å². The molecular formula is C11H15NO4. The zero-order valence-corrected chi connectivity index (χ0v) is 8.85. The molecule has 1 heterocycles. The maximum atomic E-state index is 10.7. The van der Waals surface area contributed by atoms with Gasteiger partial charge < -0.3 is 19.9 Å². The first-order valence-corrected chi connectivity index (χ1v) is 5.35. The molecule has 0 radical (unpaired) electrons. The molecule has 0 atom stereocenters. The van der Waals surface area contributed by atoms with Gasteiger partial charge in [-0.1, -0.05) is 0 Å². The van der Waals surface area contributed by atoms with Crippen LogP contribution >= 0.6 is 0 Å². The van der Waals surface area contributed by atoms with Crippen LogP contribution in [0.3, 0.4) is 0 Å². The molecule has 0 bridgehead atoms. The molecular weight excluding hydrogens is 210 g/mol. The fourth-order valence-electron chi connectivity index (χ4n) is 1.94. The second kappa shape index (κ2) is 4.67. The fourth-order valence-corrected chi connectivity index (χ4v) is 1.94. The Bertz CT molecular complexity index is 368. The van der Waals surface area contributed by atoms with Crippen molar-refractivity contribution in [2.24, 2.45) is 5.92 Å². The molecule has 0 unspecified atom stereocenters. The summed E-state index contributed by atoms with van der Waals surface area (Å²) in [5, 5.41) is 21.1. The van der Waals surface area contributed by atoms with E-state index in [1.165, 1.54) is 6.26 Å². The van der Waals surface area contributed by atoms with Crippen molar-refractivity contribution in [2.75, 3.05) is 6.54 Å². The molecule has 3 N–H and O–H groups in total. The summed E-state index contributed by atoms with van der Waals surface area (Å²) >= 11 is 0. The van der Waals surface area contributed by atoms with E-state index in [9.17, 15) is 4.79 Å². The topological polar surface area (TPSA) is 82.7 Å². The maximum absolute atomic E-state index is 10.7. The van der Waals surface area contributed by atoms with Gasteiger partial charge in [0.15, 0.2) is 0 Å². The summed E-state index contributed by atoms with van der Waals surface area (Å²) in [6.07, 6.45) is 2.91. The molecule has 5 heteroatoms. The van der Waals surface area contributed by atoms with Crippen LogP contribution in [0.5, 0.6) is 0 Å². The SMILES string of the molecule is O=C(O)c1occc1CNCC1CC(O)C1. The van der Waals surface area contributed by atoms with Crippen molar-refractivity contribution in [2.45, 2.75) is 25.5 Å². The molecule has 1 aromatic rings. The number of nitrogens with one attached hydrogen (secondary N) is 1. The summed E-state index contributed by atoms with van der Waals surface area (Å²) in [7, 11) is 0. The highest BCUT2D eigenvalue weighted by molar-refractivity contribution is 5.86. The first kappa shape index (κ1) is 11.2. The van der Waals surface area contributed by atoms with Crippen LogP contribution in [0.4, 0.5) is 0 Å². The van der Waals surface area contributed by atoms with Gasteiger partial charge in [-0.05, 0) is 31.4 Å². The van der Waals surface area contributed by atoms with Crippen molar-refractivity contribution < 1.29 is 19.4 Å². The van der Waals surface area contributed by atoms with Gasteiger partial charge in [-0.15, -0.1) is 0 Å². The summed E-state index contributed by atoms with van der Waals surface area (Å²) in [5.41, 5.74) is 0.660. The molecule has 1 aliphatic carbocycles. The lowest BCUT2D eigenvalue weighted by atomic mass is 9.82. The number of carbonyl (C=O) groups is 1. The third-order valence-electron chi connectivity index (χ3n) is 2.90. The molecule has 1 aliphatic rings. The Morgan fingerprint density at radius 2 is 2.31 bits per heavy atom.